The number of hydrogen-bond donors (Lipinski definition) is 2. The maximum Gasteiger partial charge on any atom is 0.241 e. The lowest BCUT2D eigenvalue weighted by Crippen LogP contribution is -2.40. The molecule has 1 amide bonds. The summed E-state index contributed by atoms with van der Waals surface area (Å²) in [4.78, 5) is 11.8. The lowest BCUT2D eigenvalue weighted by atomic mass is 9.99. The van der Waals surface area contributed by atoms with Crippen molar-refractivity contribution in [3.05, 3.63) is 24.0 Å². The summed E-state index contributed by atoms with van der Waals surface area (Å²) in [7, 11) is 0. The number of ether oxygens (including phenoxy) is 1. The van der Waals surface area contributed by atoms with Gasteiger partial charge in [-0.25, -0.2) is 4.39 Å². The third-order valence-electron chi connectivity index (χ3n) is 3.06. The Bertz CT molecular complexity index is 437. The number of benzene rings is 1. The van der Waals surface area contributed by atoms with E-state index in [4.69, 9.17) is 10.5 Å². The van der Waals surface area contributed by atoms with Gasteiger partial charge in [-0.1, -0.05) is 20.3 Å². The van der Waals surface area contributed by atoms with Gasteiger partial charge < -0.3 is 15.8 Å². The summed E-state index contributed by atoms with van der Waals surface area (Å²) in [6.45, 7) is 6.04. The van der Waals surface area contributed by atoms with Crippen molar-refractivity contribution >= 4 is 11.6 Å². The molecule has 3 N–H and O–H groups in total. The summed E-state index contributed by atoms with van der Waals surface area (Å²) < 4.78 is 18.7. The van der Waals surface area contributed by atoms with Crippen LogP contribution in [-0.4, -0.2) is 18.6 Å². The molecular formula is C14H21FN2O2. The number of nitrogens with two attached hydrogens (primary N) is 1. The largest absolute Gasteiger partial charge is 0.491 e. The van der Waals surface area contributed by atoms with E-state index >= 15 is 0 Å². The van der Waals surface area contributed by atoms with E-state index in [0.29, 0.717) is 12.3 Å². The van der Waals surface area contributed by atoms with Gasteiger partial charge in [-0.05, 0) is 25.0 Å². The predicted molar refractivity (Wildman–Crippen MR) is 73.6 cm³/mol. The number of nitrogens with one attached hydrogen (secondary N) is 1. The molecule has 0 spiro atoms. The highest BCUT2D eigenvalue weighted by Gasteiger charge is 2.19. The van der Waals surface area contributed by atoms with Crippen molar-refractivity contribution in [1.82, 2.24) is 0 Å². The first kappa shape index (κ1) is 15.4. The molecule has 106 valence electrons. The second-order valence-corrected chi connectivity index (χ2v) is 4.48. The van der Waals surface area contributed by atoms with Crippen molar-refractivity contribution in [2.75, 3.05) is 11.9 Å². The lowest BCUT2D eigenvalue weighted by Gasteiger charge is -2.18. The molecule has 0 heterocycles. The molecule has 4 nitrogen and oxygen atoms in total. The first-order valence-corrected chi connectivity index (χ1v) is 6.48. The van der Waals surface area contributed by atoms with Gasteiger partial charge in [-0.3, -0.25) is 4.79 Å². The smallest absolute Gasteiger partial charge is 0.241 e. The molecule has 0 aromatic heterocycles. The van der Waals surface area contributed by atoms with Crippen molar-refractivity contribution in [2.24, 2.45) is 11.7 Å². The van der Waals surface area contributed by atoms with Crippen LogP contribution in [0.2, 0.25) is 0 Å². The van der Waals surface area contributed by atoms with Crippen LogP contribution in [0, 0.1) is 11.7 Å². The van der Waals surface area contributed by atoms with Crippen LogP contribution in [-0.2, 0) is 4.79 Å². The lowest BCUT2D eigenvalue weighted by molar-refractivity contribution is -0.118. The average molecular weight is 268 g/mol. The zero-order valence-corrected chi connectivity index (χ0v) is 11.6. The molecule has 19 heavy (non-hydrogen) atoms. The summed E-state index contributed by atoms with van der Waals surface area (Å²) >= 11 is 0. The molecule has 1 rings (SSSR count). The number of carbonyl (C=O) groups excluding carboxylic acids is 1. The fourth-order valence-electron chi connectivity index (χ4n) is 1.59. The number of halogens is 1. The number of amides is 1. The van der Waals surface area contributed by atoms with Crippen molar-refractivity contribution in [1.29, 1.82) is 0 Å². The van der Waals surface area contributed by atoms with Crippen LogP contribution < -0.4 is 15.8 Å². The van der Waals surface area contributed by atoms with Crippen LogP contribution in [0.3, 0.4) is 0 Å². The molecule has 0 aliphatic heterocycles. The van der Waals surface area contributed by atoms with E-state index in [2.05, 4.69) is 5.32 Å². The Morgan fingerprint density at radius 3 is 2.68 bits per heavy atom. The molecule has 5 heteroatoms. The normalized spacial score (nSPS) is 13.7. The minimum Gasteiger partial charge on any atom is -0.491 e. The first-order valence-electron chi connectivity index (χ1n) is 6.48. The Labute approximate surface area is 113 Å². The molecule has 1 aromatic rings. The summed E-state index contributed by atoms with van der Waals surface area (Å²) in [5, 5.41) is 2.61. The summed E-state index contributed by atoms with van der Waals surface area (Å²) in [6.07, 6.45) is 0.812. The van der Waals surface area contributed by atoms with Crippen LogP contribution in [0.4, 0.5) is 10.1 Å². The number of carbonyl (C=O) groups is 1. The van der Waals surface area contributed by atoms with E-state index in [-0.39, 0.29) is 17.6 Å². The minimum absolute atomic E-state index is 0.0764. The van der Waals surface area contributed by atoms with E-state index in [9.17, 15) is 9.18 Å². The fourth-order valence-corrected chi connectivity index (χ4v) is 1.59. The van der Waals surface area contributed by atoms with Crippen LogP contribution in [0.5, 0.6) is 5.75 Å². The third kappa shape index (κ3) is 4.21. The molecular weight excluding hydrogens is 247 g/mol. The highest BCUT2D eigenvalue weighted by atomic mass is 19.1. The average Bonchev–Trinajstić information content (AvgIpc) is 2.40. The molecule has 0 bridgehead atoms. The predicted octanol–water partition coefficient (Wildman–Crippen LogP) is 2.54. The van der Waals surface area contributed by atoms with E-state index in [1.54, 1.807) is 13.0 Å². The summed E-state index contributed by atoms with van der Waals surface area (Å²) in [5.41, 5.74) is 6.18. The van der Waals surface area contributed by atoms with E-state index in [1.165, 1.54) is 12.1 Å². The second kappa shape index (κ2) is 7.09. The quantitative estimate of drug-likeness (QED) is 0.833. The van der Waals surface area contributed by atoms with Crippen molar-refractivity contribution < 1.29 is 13.9 Å². The van der Waals surface area contributed by atoms with E-state index < -0.39 is 11.9 Å². The van der Waals surface area contributed by atoms with E-state index in [1.807, 2.05) is 13.8 Å². The van der Waals surface area contributed by atoms with Gasteiger partial charge in [0.1, 0.15) is 0 Å². The third-order valence-corrected chi connectivity index (χ3v) is 3.06. The Morgan fingerprint density at radius 2 is 2.16 bits per heavy atom. The Kier molecular flexibility index (Phi) is 5.76. The Balaban J connectivity index is 2.72. The Hall–Kier alpha value is -1.62. The van der Waals surface area contributed by atoms with Crippen LogP contribution in [0.1, 0.15) is 27.2 Å². The number of anilines is 1. The molecule has 0 radical (unpaired) electrons. The highest BCUT2D eigenvalue weighted by molar-refractivity contribution is 5.94. The highest BCUT2D eigenvalue weighted by Crippen LogP contribution is 2.21. The molecule has 0 saturated heterocycles. The zero-order valence-electron chi connectivity index (χ0n) is 11.6. The van der Waals surface area contributed by atoms with Crippen LogP contribution in [0.25, 0.3) is 0 Å². The molecule has 1 unspecified atom stereocenters. The maximum atomic E-state index is 13.6. The van der Waals surface area contributed by atoms with Gasteiger partial charge in [0.15, 0.2) is 11.6 Å². The molecule has 0 fully saturated rings. The topological polar surface area (TPSA) is 64.3 Å². The molecule has 0 saturated carbocycles. The Morgan fingerprint density at radius 1 is 1.47 bits per heavy atom. The van der Waals surface area contributed by atoms with Crippen LogP contribution >= 0.6 is 0 Å². The van der Waals surface area contributed by atoms with Crippen molar-refractivity contribution in [2.45, 2.75) is 33.2 Å². The molecule has 1 aromatic carbocycles. The number of hydrogen-bond acceptors (Lipinski definition) is 3. The first-order chi connectivity index (χ1) is 8.99. The monoisotopic (exact) mass is 268 g/mol. The van der Waals surface area contributed by atoms with Gasteiger partial charge in [0.2, 0.25) is 5.91 Å². The standard InChI is InChI=1S/C14H21FN2O2/c1-4-9(3)13(16)14(18)17-10-6-7-12(19-5-2)11(15)8-10/h6-9,13H,4-5,16H2,1-3H3,(H,17,18)/t9?,13-/m0/s1. The van der Waals surface area contributed by atoms with Crippen molar-refractivity contribution in [3.63, 3.8) is 0 Å². The number of rotatable bonds is 6. The van der Waals surface area contributed by atoms with Gasteiger partial charge in [0, 0.05) is 11.8 Å². The molecule has 0 aliphatic carbocycles. The second-order valence-electron chi connectivity index (χ2n) is 4.48. The molecule has 0 aliphatic rings. The van der Waals surface area contributed by atoms with Gasteiger partial charge in [-0.2, -0.15) is 0 Å². The van der Waals surface area contributed by atoms with Crippen LogP contribution in [0.15, 0.2) is 18.2 Å². The van der Waals surface area contributed by atoms with Gasteiger partial charge >= 0.3 is 0 Å². The van der Waals surface area contributed by atoms with Gasteiger partial charge in [0.05, 0.1) is 12.6 Å². The maximum absolute atomic E-state index is 13.6. The zero-order chi connectivity index (χ0) is 14.4. The SMILES string of the molecule is CCOc1ccc(NC(=O)[C@@H](N)C(C)CC)cc1F. The fraction of sp³-hybridized carbons (Fsp3) is 0.500. The summed E-state index contributed by atoms with van der Waals surface area (Å²) in [5.74, 6) is -0.561. The van der Waals surface area contributed by atoms with Gasteiger partial charge in [-0.15, -0.1) is 0 Å². The molecule has 2 atom stereocenters. The minimum atomic E-state index is -0.598. The summed E-state index contributed by atoms with van der Waals surface area (Å²) in [6, 6.07) is 3.71. The van der Waals surface area contributed by atoms with E-state index in [0.717, 1.165) is 6.42 Å². The van der Waals surface area contributed by atoms with Gasteiger partial charge in [0.25, 0.3) is 0 Å². The van der Waals surface area contributed by atoms with Crippen molar-refractivity contribution in [3.8, 4) is 5.75 Å².